The van der Waals surface area contributed by atoms with E-state index in [1.165, 1.54) is 0 Å². The summed E-state index contributed by atoms with van der Waals surface area (Å²) in [6.07, 6.45) is 0.527. The van der Waals surface area contributed by atoms with Crippen molar-refractivity contribution in [1.82, 2.24) is 5.32 Å². The molecule has 0 aliphatic carbocycles. The number of hydrogen-bond acceptors (Lipinski definition) is 2. The Balaban J connectivity index is 2.83. The Hall–Kier alpha value is -1.81. The van der Waals surface area contributed by atoms with Crippen LogP contribution in [-0.4, -0.2) is 17.0 Å². The van der Waals surface area contributed by atoms with Crippen LogP contribution in [0.15, 0.2) is 36.4 Å². The van der Waals surface area contributed by atoms with E-state index in [0.29, 0.717) is 17.0 Å². The quantitative estimate of drug-likeness (QED) is 0.792. The van der Waals surface area contributed by atoms with Gasteiger partial charge in [0, 0.05) is 10.9 Å². The highest BCUT2D eigenvalue weighted by Crippen LogP contribution is 2.18. The lowest BCUT2D eigenvalue weighted by Crippen LogP contribution is -2.37. The van der Waals surface area contributed by atoms with Crippen LogP contribution < -0.4 is 5.32 Å². The molecule has 0 aromatic heterocycles. The zero-order valence-corrected chi connectivity index (χ0v) is 12.3. The Morgan fingerprint density at radius 1 is 1.35 bits per heavy atom. The van der Waals surface area contributed by atoms with Gasteiger partial charge in [-0.1, -0.05) is 36.2 Å². The van der Waals surface area contributed by atoms with Gasteiger partial charge in [0.1, 0.15) is 0 Å². The summed E-state index contributed by atoms with van der Waals surface area (Å²) in [6.45, 7) is 7.32. The van der Waals surface area contributed by atoms with E-state index in [0.717, 1.165) is 5.57 Å². The van der Waals surface area contributed by atoms with E-state index in [4.69, 9.17) is 11.6 Å². The van der Waals surface area contributed by atoms with Crippen molar-refractivity contribution in [3.8, 4) is 0 Å². The summed E-state index contributed by atoms with van der Waals surface area (Å²) in [5.41, 5.74) is 1.36. The number of carboxylic acids is 1. The van der Waals surface area contributed by atoms with Gasteiger partial charge in [0.2, 0.25) is 5.91 Å². The molecule has 5 heteroatoms. The minimum Gasteiger partial charge on any atom is -0.479 e. The van der Waals surface area contributed by atoms with Crippen LogP contribution in [0.2, 0.25) is 5.02 Å². The Morgan fingerprint density at radius 2 is 1.90 bits per heavy atom. The molecule has 4 nitrogen and oxygen atoms in total. The maximum Gasteiger partial charge on any atom is 0.330 e. The highest BCUT2D eigenvalue weighted by molar-refractivity contribution is 6.30. The first-order chi connectivity index (χ1) is 9.31. The number of benzene rings is 1. The molecule has 20 heavy (non-hydrogen) atoms. The van der Waals surface area contributed by atoms with Crippen LogP contribution in [-0.2, 0) is 9.59 Å². The number of carboxylic acid groups (broad SMARTS) is 1. The normalized spacial score (nSPS) is 13.3. The maximum atomic E-state index is 12.0. The van der Waals surface area contributed by atoms with Crippen LogP contribution >= 0.6 is 11.6 Å². The minimum atomic E-state index is -1.11. The van der Waals surface area contributed by atoms with Gasteiger partial charge in [-0.15, -0.1) is 6.58 Å². The smallest absolute Gasteiger partial charge is 0.330 e. The molecule has 0 saturated heterocycles. The minimum absolute atomic E-state index is 0.310. The number of rotatable bonds is 6. The van der Waals surface area contributed by atoms with E-state index in [1.54, 1.807) is 31.2 Å². The number of carbonyl (C=O) groups is 2. The molecular formula is C15H18ClNO3. The zero-order valence-electron chi connectivity index (χ0n) is 11.5. The number of carbonyl (C=O) groups excluding carboxylic acids is 1. The molecule has 1 amide bonds. The highest BCUT2D eigenvalue weighted by atomic mass is 35.5. The number of nitrogens with one attached hydrogen (secondary N) is 1. The molecule has 1 rings (SSSR count). The van der Waals surface area contributed by atoms with Crippen molar-refractivity contribution in [3.05, 3.63) is 47.0 Å². The van der Waals surface area contributed by atoms with Gasteiger partial charge in [-0.05, 0) is 31.0 Å². The predicted octanol–water partition coefficient (Wildman–Crippen LogP) is 3.18. The number of aliphatic carboxylic acids is 1. The Morgan fingerprint density at radius 3 is 2.35 bits per heavy atom. The van der Waals surface area contributed by atoms with Crippen molar-refractivity contribution in [2.45, 2.75) is 26.3 Å². The summed E-state index contributed by atoms with van der Waals surface area (Å²) < 4.78 is 0. The molecule has 0 heterocycles. The summed E-state index contributed by atoms with van der Waals surface area (Å²) in [5.74, 6) is -1.74. The first kappa shape index (κ1) is 16.2. The second kappa shape index (κ2) is 7.10. The Labute approximate surface area is 123 Å². The molecule has 1 aromatic rings. The van der Waals surface area contributed by atoms with Crippen molar-refractivity contribution >= 4 is 23.5 Å². The van der Waals surface area contributed by atoms with E-state index < -0.39 is 12.0 Å². The van der Waals surface area contributed by atoms with Crippen LogP contribution in [0.3, 0.4) is 0 Å². The second-order valence-electron chi connectivity index (χ2n) is 4.89. The summed E-state index contributed by atoms with van der Waals surface area (Å²) >= 11 is 5.76. The average molecular weight is 296 g/mol. The molecule has 0 spiro atoms. The van der Waals surface area contributed by atoms with Crippen molar-refractivity contribution in [3.63, 3.8) is 0 Å². The van der Waals surface area contributed by atoms with Crippen LogP contribution in [0.1, 0.15) is 31.9 Å². The lowest BCUT2D eigenvalue weighted by Gasteiger charge is -2.18. The third-order valence-electron chi connectivity index (χ3n) is 2.84. The van der Waals surface area contributed by atoms with Crippen LogP contribution in [0.4, 0.5) is 0 Å². The lowest BCUT2D eigenvalue weighted by atomic mass is 10.0. The van der Waals surface area contributed by atoms with E-state index in [2.05, 4.69) is 11.9 Å². The molecule has 2 atom stereocenters. The molecule has 0 aliphatic heterocycles. The Bertz CT molecular complexity index is 510. The first-order valence-electron chi connectivity index (χ1n) is 6.24. The van der Waals surface area contributed by atoms with Gasteiger partial charge in [0.25, 0.3) is 0 Å². The third kappa shape index (κ3) is 4.70. The fourth-order valence-corrected chi connectivity index (χ4v) is 1.97. The molecule has 108 valence electrons. The molecule has 0 bridgehead atoms. The maximum absolute atomic E-state index is 12.0. The second-order valence-corrected chi connectivity index (χ2v) is 5.33. The largest absolute Gasteiger partial charge is 0.479 e. The average Bonchev–Trinajstić information content (AvgIpc) is 2.35. The van der Waals surface area contributed by atoms with Gasteiger partial charge in [0.15, 0.2) is 6.04 Å². The van der Waals surface area contributed by atoms with Crippen LogP contribution in [0, 0.1) is 5.92 Å². The highest BCUT2D eigenvalue weighted by Gasteiger charge is 2.24. The SMILES string of the molecule is C=C(C)CC(C)C(=O)NC(C(=O)O)c1ccc(Cl)cc1. The van der Waals surface area contributed by atoms with Gasteiger partial charge in [-0.2, -0.15) is 0 Å². The van der Waals surface area contributed by atoms with Crippen LogP contribution in [0.25, 0.3) is 0 Å². The molecule has 1 aromatic carbocycles. The fourth-order valence-electron chi connectivity index (χ4n) is 1.84. The van der Waals surface area contributed by atoms with Crippen molar-refractivity contribution in [1.29, 1.82) is 0 Å². The zero-order chi connectivity index (χ0) is 15.3. The summed E-state index contributed by atoms with van der Waals surface area (Å²) in [5, 5.41) is 12.3. The molecule has 0 aliphatic rings. The van der Waals surface area contributed by atoms with E-state index in [-0.39, 0.29) is 11.8 Å². The van der Waals surface area contributed by atoms with Crippen LogP contribution in [0.5, 0.6) is 0 Å². The van der Waals surface area contributed by atoms with Gasteiger partial charge in [-0.25, -0.2) is 4.79 Å². The summed E-state index contributed by atoms with van der Waals surface area (Å²) in [6, 6.07) is 5.29. The summed E-state index contributed by atoms with van der Waals surface area (Å²) in [4.78, 5) is 23.3. The number of halogens is 1. The molecule has 2 N–H and O–H groups in total. The monoisotopic (exact) mass is 295 g/mol. The van der Waals surface area contributed by atoms with Gasteiger partial charge in [0.05, 0.1) is 0 Å². The van der Waals surface area contributed by atoms with E-state index in [9.17, 15) is 14.7 Å². The lowest BCUT2D eigenvalue weighted by molar-refractivity contribution is -0.142. The van der Waals surface area contributed by atoms with Crippen molar-refractivity contribution < 1.29 is 14.7 Å². The molecular weight excluding hydrogens is 278 g/mol. The topological polar surface area (TPSA) is 66.4 Å². The Kier molecular flexibility index (Phi) is 5.77. The predicted molar refractivity (Wildman–Crippen MR) is 78.6 cm³/mol. The third-order valence-corrected chi connectivity index (χ3v) is 3.09. The number of hydrogen-bond donors (Lipinski definition) is 2. The number of amides is 1. The molecule has 0 fully saturated rings. The first-order valence-corrected chi connectivity index (χ1v) is 6.62. The van der Waals surface area contributed by atoms with E-state index >= 15 is 0 Å². The molecule has 0 radical (unpaired) electrons. The van der Waals surface area contributed by atoms with Gasteiger partial charge >= 0.3 is 5.97 Å². The van der Waals surface area contributed by atoms with Gasteiger partial charge < -0.3 is 10.4 Å². The summed E-state index contributed by atoms with van der Waals surface area (Å²) in [7, 11) is 0. The standard InChI is InChI=1S/C15H18ClNO3/c1-9(2)8-10(3)14(18)17-13(15(19)20)11-4-6-12(16)7-5-11/h4-7,10,13H,1,8H2,2-3H3,(H,17,18)(H,19,20). The molecule has 2 unspecified atom stereocenters. The van der Waals surface area contributed by atoms with E-state index in [1.807, 2.05) is 6.92 Å². The van der Waals surface area contributed by atoms with Crippen molar-refractivity contribution in [2.24, 2.45) is 5.92 Å². The number of allylic oxidation sites excluding steroid dienone is 1. The fraction of sp³-hybridized carbons (Fsp3) is 0.333. The van der Waals surface area contributed by atoms with Crippen molar-refractivity contribution in [2.75, 3.05) is 0 Å². The molecule has 0 saturated carbocycles. The van der Waals surface area contributed by atoms with Gasteiger partial charge in [-0.3, -0.25) is 4.79 Å².